The first-order chi connectivity index (χ1) is 12.7. The van der Waals surface area contributed by atoms with E-state index < -0.39 is 5.41 Å². The van der Waals surface area contributed by atoms with Crippen molar-refractivity contribution in [2.45, 2.75) is 46.0 Å². The standard InChI is InChI=1S/C24H26N2O/c1-15(2)16-11-18-22(25-14-16)26-19-12-23(3,4)13-20(27)21(19)24(18,5)17-9-7-6-8-10-17/h6-11,14H,1,12-13H2,2-5H3,(H,25,26)/t24-/m0/s1. The molecule has 1 aliphatic carbocycles. The molecule has 3 heteroatoms. The Morgan fingerprint density at radius 3 is 2.52 bits per heavy atom. The number of Topliss-reactive ketones (excluding diaryl/α,β-unsaturated/α-hetero) is 1. The van der Waals surface area contributed by atoms with Crippen molar-refractivity contribution in [3.8, 4) is 0 Å². The van der Waals surface area contributed by atoms with Gasteiger partial charge >= 0.3 is 0 Å². The summed E-state index contributed by atoms with van der Waals surface area (Å²) in [6, 6.07) is 12.5. The summed E-state index contributed by atoms with van der Waals surface area (Å²) in [5, 5.41) is 3.49. The lowest BCUT2D eigenvalue weighted by Gasteiger charge is -2.44. The Morgan fingerprint density at radius 2 is 1.85 bits per heavy atom. The molecule has 0 spiro atoms. The summed E-state index contributed by atoms with van der Waals surface area (Å²) >= 11 is 0. The highest BCUT2D eigenvalue weighted by Gasteiger charge is 2.47. The molecule has 4 rings (SSSR count). The number of aromatic nitrogens is 1. The average molecular weight is 358 g/mol. The van der Waals surface area contributed by atoms with E-state index in [4.69, 9.17) is 4.98 Å². The van der Waals surface area contributed by atoms with Crippen LogP contribution >= 0.6 is 0 Å². The van der Waals surface area contributed by atoms with Gasteiger partial charge in [0.15, 0.2) is 5.78 Å². The fourth-order valence-corrected chi connectivity index (χ4v) is 4.54. The largest absolute Gasteiger partial charge is 0.343 e. The van der Waals surface area contributed by atoms with Gasteiger partial charge in [-0.25, -0.2) is 4.98 Å². The van der Waals surface area contributed by atoms with Gasteiger partial charge in [0, 0.05) is 29.5 Å². The lowest BCUT2D eigenvalue weighted by atomic mass is 9.62. The van der Waals surface area contributed by atoms with Crippen molar-refractivity contribution in [2.75, 3.05) is 5.32 Å². The molecule has 138 valence electrons. The molecule has 0 bridgehead atoms. The van der Waals surface area contributed by atoms with Gasteiger partial charge < -0.3 is 5.32 Å². The van der Waals surface area contributed by atoms with E-state index in [-0.39, 0.29) is 11.2 Å². The Hall–Kier alpha value is -2.68. The third-order valence-electron chi connectivity index (χ3n) is 5.91. The molecule has 2 aromatic rings. The summed E-state index contributed by atoms with van der Waals surface area (Å²) in [4.78, 5) is 18.0. The van der Waals surface area contributed by atoms with Crippen LogP contribution in [0.2, 0.25) is 0 Å². The van der Waals surface area contributed by atoms with E-state index >= 15 is 0 Å². The predicted octanol–water partition coefficient (Wildman–Crippen LogP) is 5.49. The van der Waals surface area contributed by atoms with Gasteiger partial charge in [-0.3, -0.25) is 4.79 Å². The first-order valence-electron chi connectivity index (χ1n) is 9.48. The number of hydrogen-bond acceptors (Lipinski definition) is 3. The van der Waals surface area contributed by atoms with Crippen LogP contribution in [0.4, 0.5) is 5.82 Å². The predicted molar refractivity (Wildman–Crippen MR) is 111 cm³/mol. The van der Waals surface area contributed by atoms with Gasteiger partial charge in [-0.2, -0.15) is 0 Å². The summed E-state index contributed by atoms with van der Waals surface area (Å²) in [5.41, 5.74) is 5.47. The molecule has 0 fully saturated rings. The second-order valence-electron chi connectivity index (χ2n) is 8.81. The average Bonchev–Trinajstić information content (AvgIpc) is 2.60. The number of ketones is 1. The minimum atomic E-state index is -0.525. The number of allylic oxidation sites excluding steroid dienone is 3. The number of pyridine rings is 1. The fourth-order valence-electron chi connectivity index (χ4n) is 4.54. The molecule has 1 aromatic heterocycles. The van der Waals surface area contributed by atoms with Gasteiger partial charge in [0.2, 0.25) is 0 Å². The number of fused-ring (bicyclic) bond motifs is 1. The summed E-state index contributed by atoms with van der Waals surface area (Å²) < 4.78 is 0. The molecular weight excluding hydrogens is 332 g/mol. The minimum absolute atomic E-state index is 0.0460. The van der Waals surface area contributed by atoms with Gasteiger partial charge in [-0.1, -0.05) is 50.8 Å². The molecule has 3 nitrogen and oxygen atoms in total. The number of nitrogens with one attached hydrogen (secondary N) is 1. The molecule has 0 amide bonds. The maximum absolute atomic E-state index is 13.3. The molecule has 1 aromatic carbocycles. The number of hydrogen-bond donors (Lipinski definition) is 1. The highest BCUT2D eigenvalue weighted by atomic mass is 16.1. The number of carbonyl (C=O) groups excluding carboxylic acids is 1. The molecule has 2 heterocycles. The lowest BCUT2D eigenvalue weighted by Crippen LogP contribution is -2.42. The van der Waals surface area contributed by atoms with Crippen LogP contribution in [0.3, 0.4) is 0 Å². The van der Waals surface area contributed by atoms with Crippen LogP contribution in [-0.4, -0.2) is 10.8 Å². The van der Waals surface area contributed by atoms with Crippen molar-refractivity contribution in [1.82, 2.24) is 4.98 Å². The minimum Gasteiger partial charge on any atom is -0.343 e. The van der Waals surface area contributed by atoms with Gasteiger partial charge in [-0.05, 0) is 48.4 Å². The molecule has 0 saturated carbocycles. The quantitative estimate of drug-likeness (QED) is 0.772. The maximum atomic E-state index is 13.3. The maximum Gasteiger partial charge on any atom is 0.162 e. The van der Waals surface area contributed by atoms with Gasteiger partial charge in [0.05, 0.1) is 5.41 Å². The zero-order chi connectivity index (χ0) is 19.4. The number of rotatable bonds is 2. The van der Waals surface area contributed by atoms with E-state index in [0.717, 1.165) is 45.8 Å². The zero-order valence-electron chi connectivity index (χ0n) is 16.5. The molecule has 0 radical (unpaired) electrons. The normalized spacial score (nSPS) is 23.3. The van der Waals surface area contributed by atoms with Gasteiger partial charge in [0.25, 0.3) is 0 Å². The van der Waals surface area contributed by atoms with E-state index in [2.05, 4.69) is 50.9 Å². The van der Waals surface area contributed by atoms with Crippen LogP contribution in [0.15, 0.2) is 60.4 Å². The van der Waals surface area contributed by atoms with E-state index in [1.165, 1.54) is 0 Å². The van der Waals surface area contributed by atoms with Crippen LogP contribution < -0.4 is 5.32 Å². The van der Waals surface area contributed by atoms with Crippen molar-refractivity contribution in [3.63, 3.8) is 0 Å². The Kier molecular flexibility index (Phi) is 3.88. The second kappa shape index (κ2) is 5.91. The second-order valence-corrected chi connectivity index (χ2v) is 8.81. The lowest BCUT2D eigenvalue weighted by molar-refractivity contribution is -0.118. The van der Waals surface area contributed by atoms with Crippen LogP contribution in [-0.2, 0) is 10.2 Å². The molecule has 27 heavy (non-hydrogen) atoms. The van der Waals surface area contributed by atoms with Gasteiger partial charge in [-0.15, -0.1) is 0 Å². The number of benzene rings is 1. The summed E-state index contributed by atoms with van der Waals surface area (Å²) in [6.07, 6.45) is 3.28. The van der Waals surface area contributed by atoms with E-state index in [0.29, 0.717) is 6.42 Å². The molecule has 2 aliphatic rings. The van der Waals surface area contributed by atoms with E-state index in [1.807, 2.05) is 31.3 Å². The number of anilines is 1. The fraction of sp³-hybridized carbons (Fsp3) is 0.333. The van der Waals surface area contributed by atoms with Crippen molar-refractivity contribution in [3.05, 3.63) is 77.1 Å². The van der Waals surface area contributed by atoms with Crippen LogP contribution in [0, 0.1) is 5.41 Å². The van der Waals surface area contributed by atoms with E-state index in [1.54, 1.807) is 0 Å². The third kappa shape index (κ3) is 2.73. The Bertz CT molecular complexity index is 985. The first kappa shape index (κ1) is 17.7. The summed E-state index contributed by atoms with van der Waals surface area (Å²) in [5.74, 6) is 1.07. The Balaban J connectivity index is 2.02. The van der Waals surface area contributed by atoms with Crippen LogP contribution in [0.5, 0.6) is 0 Å². The Morgan fingerprint density at radius 1 is 1.15 bits per heavy atom. The first-order valence-corrected chi connectivity index (χ1v) is 9.48. The summed E-state index contributed by atoms with van der Waals surface area (Å²) in [6.45, 7) is 12.5. The van der Waals surface area contributed by atoms with Crippen molar-refractivity contribution in [2.24, 2.45) is 5.41 Å². The Labute approximate surface area is 161 Å². The number of nitrogens with zero attached hydrogens (tertiary/aromatic N) is 1. The van der Waals surface area contributed by atoms with Gasteiger partial charge in [0.1, 0.15) is 5.82 Å². The van der Waals surface area contributed by atoms with E-state index in [9.17, 15) is 4.79 Å². The monoisotopic (exact) mass is 358 g/mol. The topological polar surface area (TPSA) is 42.0 Å². The van der Waals surface area contributed by atoms with Crippen LogP contribution in [0.25, 0.3) is 5.57 Å². The molecular formula is C24H26N2O. The molecule has 0 saturated heterocycles. The zero-order valence-corrected chi connectivity index (χ0v) is 16.5. The SMILES string of the molecule is C=C(C)c1cnc2c(c1)[C@](C)(c1ccccc1)C1=C(CC(C)(C)CC1=O)N2. The third-order valence-corrected chi connectivity index (χ3v) is 5.91. The van der Waals surface area contributed by atoms with Crippen LogP contribution in [0.1, 0.15) is 57.2 Å². The smallest absolute Gasteiger partial charge is 0.162 e. The summed E-state index contributed by atoms with van der Waals surface area (Å²) in [7, 11) is 0. The van der Waals surface area contributed by atoms with Crippen molar-refractivity contribution < 1.29 is 4.79 Å². The molecule has 1 atom stereocenters. The number of carbonyl (C=O) groups is 1. The highest BCUT2D eigenvalue weighted by molar-refractivity contribution is 6.02. The molecule has 0 unspecified atom stereocenters. The van der Waals surface area contributed by atoms with Crippen molar-refractivity contribution in [1.29, 1.82) is 0 Å². The molecule has 1 N–H and O–H groups in total. The highest BCUT2D eigenvalue weighted by Crippen LogP contribution is 2.52. The molecule has 1 aliphatic heterocycles. The van der Waals surface area contributed by atoms with Crippen molar-refractivity contribution >= 4 is 17.2 Å².